The normalized spacial score (nSPS) is 18.0. The van der Waals surface area contributed by atoms with Gasteiger partial charge in [-0.15, -0.1) is 12.4 Å². The van der Waals surface area contributed by atoms with Crippen LogP contribution >= 0.6 is 35.6 Å². The number of nitrogens with two attached hydrogens (primary N) is 1. The highest BCUT2D eigenvalue weighted by Gasteiger charge is 2.33. The topological polar surface area (TPSA) is 84.7 Å². The fraction of sp³-hybridized carbons (Fsp3) is 0.529. The second kappa shape index (κ2) is 10.9. The Bertz CT molecular complexity index is 627. The van der Waals surface area contributed by atoms with Gasteiger partial charge in [0.2, 0.25) is 11.8 Å². The summed E-state index contributed by atoms with van der Waals surface area (Å²) in [4.78, 5) is 26.9. The fourth-order valence-electron chi connectivity index (χ4n) is 2.88. The molecule has 26 heavy (non-hydrogen) atoms. The van der Waals surface area contributed by atoms with Gasteiger partial charge in [-0.3, -0.25) is 9.59 Å². The minimum Gasteiger partial charge on any atom is -0.380 e. The molecular weight excluding hydrogens is 401 g/mol. The van der Waals surface area contributed by atoms with Gasteiger partial charge in [-0.2, -0.15) is 0 Å². The lowest BCUT2D eigenvalue weighted by atomic mass is 10.00. The molecule has 9 heteroatoms. The van der Waals surface area contributed by atoms with E-state index in [1.165, 1.54) is 7.11 Å². The monoisotopic (exact) mass is 423 g/mol. The van der Waals surface area contributed by atoms with E-state index in [1.54, 1.807) is 23.1 Å². The van der Waals surface area contributed by atoms with E-state index in [4.69, 9.17) is 33.7 Å². The third-order valence-corrected chi connectivity index (χ3v) is 4.86. The number of carbonyl (C=O) groups is 2. The van der Waals surface area contributed by atoms with Crippen molar-refractivity contribution in [2.75, 3.05) is 25.5 Å². The van der Waals surface area contributed by atoms with E-state index in [0.29, 0.717) is 28.7 Å². The zero-order chi connectivity index (χ0) is 18.4. The second-order valence-corrected chi connectivity index (χ2v) is 6.85. The summed E-state index contributed by atoms with van der Waals surface area (Å²) in [5.74, 6) is -0.377. The summed E-state index contributed by atoms with van der Waals surface area (Å²) in [7, 11) is 1.52. The van der Waals surface area contributed by atoms with E-state index >= 15 is 0 Å². The minimum absolute atomic E-state index is 0. The van der Waals surface area contributed by atoms with E-state index in [-0.39, 0.29) is 43.3 Å². The molecule has 2 amide bonds. The molecule has 0 spiro atoms. The molecule has 6 nitrogen and oxygen atoms in total. The molecule has 1 saturated heterocycles. The van der Waals surface area contributed by atoms with Gasteiger partial charge in [0.1, 0.15) is 6.04 Å². The van der Waals surface area contributed by atoms with Gasteiger partial charge < -0.3 is 20.7 Å². The molecule has 1 aliphatic rings. The first-order valence-electron chi connectivity index (χ1n) is 8.24. The number of likely N-dealkylation sites (tertiary alicyclic amines) is 1. The first-order chi connectivity index (χ1) is 12.0. The number of nitrogens with one attached hydrogen (secondary N) is 1. The zero-order valence-corrected chi connectivity index (χ0v) is 16.9. The first kappa shape index (κ1) is 23.0. The molecule has 3 N–H and O–H groups in total. The average molecular weight is 425 g/mol. The van der Waals surface area contributed by atoms with Crippen LogP contribution in [0.5, 0.6) is 0 Å². The third-order valence-electron chi connectivity index (χ3n) is 4.31. The Morgan fingerprint density at radius 1 is 1.38 bits per heavy atom. The third kappa shape index (κ3) is 5.99. The van der Waals surface area contributed by atoms with E-state index in [9.17, 15) is 9.59 Å². The van der Waals surface area contributed by atoms with Crippen molar-refractivity contribution in [2.45, 2.75) is 37.8 Å². The van der Waals surface area contributed by atoms with Crippen molar-refractivity contribution in [3.8, 4) is 0 Å². The Morgan fingerprint density at radius 2 is 2.12 bits per heavy atom. The molecule has 0 radical (unpaired) electrons. The number of amides is 2. The van der Waals surface area contributed by atoms with Crippen LogP contribution in [-0.4, -0.2) is 49.1 Å². The molecule has 0 bridgehead atoms. The summed E-state index contributed by atoms with van der Waals surface area (Å²) >= 11 is 12.0. The van der Waals surface area contributed by atoms with Crippen LogP contribution in [-0.2, 0) is 14.3 Å². The van der Waals surface area contributed by atoms with E-state index in [1.807, 2.05) is 0 Å². The largest absolute Gasteiger partial charge is 0.380 e. The predicted molar refractivity (Wildman–Crippen MR) is 106 cm³/mol. The van der Waals surface area contributed by atoms with E-state index in [0.717, 1.165) is 12.8 Å². The zero-order valence-electron chi connectivity index (χ0n) is 14.5. The van der Waals surface area contributed by atoms with Crippen LogP contribution in [0, 0.1) is 0 Å². The van der Waals surface area contributed by atoms with Gasteiger partial charge >= 0.3 is 0 Å². The van der Waals surface area contributed by atoms with Crippen LogP contribution in [0.25, 0.3) is 0 Å². The van der Waals surface area contributed by atoms with Crippen molar-refractivity contribution in [3.05, 3.63) is 28.2 Å². The first-order valence-corrected chi connectivity index (χ1v) is 9.00. The molecule has 2 atom stereocenters. The molecule has 1 aliphatic heterocycles. The van der Waals surface area contributed by atoms with Gasteiger partial charge in [-0.1, -0.05) is 23.2 Å². The maximum Gasteiger partial charge on any atom is 0.247 e. The molecule has 0 aromatic heterocycles. The maximum atomic E-state index is 12.7. The van der Waals surface area contributed by atoms with Crippen molar-refractivity contribution in [1.82, 2.24) is 4.90 Å². The van der Waals surface area contributed by atoms with Gasteiger partial charge in [0.05, 0.1) is 23.2 Å². The number of piperidine rings is 1. The molecule has 1 aromatic rings. The lowest BCUT2D eigenvalue weighted by molar-refractivity contribution is -0.142. The summed E-state index contributed by atoms with van der Waals surface area (Å²) in [6, 6.07) is 4.33. The Kier molecular flexibility index (Phi) is 9.68. The number of benzene rings is 1. The number of hydrogen-bond donors (Lipinski definition) is 2. The second-order valence-electron chi connectivity index (χ2n) is 6.01. The summed E-state index contributed by atoms with van der Waals surface area (Å²) in [5.41, 5.74) is 6.06. The highest BCUT2D eigenvalue weighted by molar-refractivity contribution is 6.36. The number of methoxy groups -OCH3 is 1. The van der Waals surface area contributed by atoms with E-state index < -0.39 is 6.04 Å². The Morgan fingerprint density at radius 3 is 2.73 bits per heavy atom. The van der Waals surface area contributed by atoms with Crippen LogP contribution in [0.2, 0.25) is 10.0 Å². The minimum atomic E-state index is -0.525. The van der Waals surface area contributed by atoms with Gasteiger partial charge in [0.15, 0.2) is 0 Å². The molecule has 2 unspecified atom stereocenters. The molecule has 0 aliphatic carbocycles. The summed E-state index contributed by atoms with van der Waals surface area (Å²) < 4.78 is 5.18. The van der Waals surface area contributed by atoms with Gasteiger partial charge in [-0.25, -0.2) is 0 Å². The van der Waals surface area contributed by atoms with Gasteiger partial charge in [0, 0.05) is 25.2 Å². The van der Waals surface area contributed by atoms with Crippen molar-refractivity contribution < 1.29 is 14.3 Å². The van der Waals surface area contributed by atoms with Crippen molar-refractivity contribution in [1.29, 1.82) is 0 Å². The fourth-order valence-corrected chi connectivity index (χ4v) is 3.34. The molecule has 1 aromatic carbocycles. The Labute approximate surface area is 169 Å². The maximum absolute atomic E-state index is 12.7. The SMILES string of the molecule is COC(CN)CC(=O)N1CCCCC1C(=O)Nc1ccc(Cl)cc1Cl.Cl. The lowest BCUT2D eigenvalue weighted by Crippen LogP contribution is -2.51. The number of hydrogen-bond acceptors (Lipinski definition) is 4. The number of rotatable bonds is 6. The Hall–Kier alpha value is -1.05. The Balaban J connectivity index is 0.00000338. The summed E-state index contributed by atoms with van der Waals surface area (Å²) in [6.07, 6.45) is 2.20. The number of nitrogens with zero attached hydrogens (tertiary/aromatic N) is 1. The van der Waals surface area contributed by atoms with E-state index in [2.05, 4.69) is 5.32 Å². The molecular formula is C17H24Cl3N3O3. The average Bonchev–Trinajstić information content (AvgIpc) is 2.61. The van der Waals surface area contributed by atoms with Crippen LogP contribution in [0.1, 0.15) is 25.7 Å². The molecule has 2 rings (SSSR count). The predicted octanol–water partition coefficient (Wildman–Crippen LogP) is 3.10. The van der Waals surface area contributed by atoms with Gasteiger partial charge in [-0.05, 0) is 37.5 Å². The highest BCUT2D eigenvalue weighted by Crippen LogP contribution is 2.27. The van der Waals surface area contributed by atoms with Crippen LogP contribution in [0.3, 0.4) is 0 Å². The van der Waals surface area contributed by atoms with Crippen LogP contribution in [0.15, 0.2) is 18.2 Å². The quantitative estimate of drug-likeness (QED) is 0.735. The van der Waals surface area contributed by atoms with Crippen LogP contribution in [0.4, 0.5) is 5.69 Å². The molecule has 1 fully saturated rings. The summed E-state index contributed by atoms with van der Waals surface area (Å²) in [5, 5.41) is 3.64. The van der Waals surface area contributed by atoms with Crippen molar-refractivity contribution >= 4 is 53.1 Å². The standard InChI is InChI=1S/C17H23Cl2N3O3.ClH/c1-25-12(10-20)9-16(23)22-7-3-2-4-15(22)17(24)21-14-6-5-11(18)8-13(14)19;/h5-6,8,12,15H,2-4,7,9-10,20H2,1H3,(H,21,24);1H. The smallest absolute Gasteiger partial charge is 0.247 e. The summed E-state index contributed by atoms with van der Waals surface area (Å²) in [6.45, 7) is 0.805. The molecule has 0 saturated carbocycles. The van der Waals surface area contributed by atoms with Crippen molar-refractivity contribution in [3.63, 3.8) is 0 Å². The molecule has 146 valence electrons. The number of halogens is 3. The van der Waals surface area contributed by atoms with Crippen molar-refractivity contribution in [2.24, 2.45) is 5.73 Å². The lowest BCUT2D eigenvalue weighted by Gasteiger charge is -2.35. The number of anilines is 1. The molecule has 1 heterocycles. The number of carbonyl (C=O) groups excluding carboxylic acids is 2. The number of ether oxygens (including phenoxy) is 1. The highest BCUT2D eigenvalue weighted by atomic mass is 35.5. The van der Waals surface area contributed by atoms with Gasteiger partial charge in [0.25, 0.3) is 0 Å². The van der Waals surface area contributed by atoms with Crippen LogP contribution < -0.4 is 11.1 Å².